The van der Waals surface area contributed by atoms with Crippen LogP contribution >= 0.6 is 0 Å². The van der Waals surface area contributed by atoms with Crippen LogP contribution in [0.4, 0.5) is 0 Å². The first-order valence-corrected chi connectivity index (χ1v) is 51.1. The summed E-state index contributed by atoms with van der Waals surface area (Å²) in [6.45, 7) is 11.4. The van der Waals surface area contributed by atoms with Crippen LogP contribution in [0.25, 0.3) is 102 Å². The third kappa shape index (κ3) is 24.3. The predicted octanol–water partition coefficient (Wildman–Crippen LogP) is 29.3. The van der Waals surface area contributed by atoms with Crippen LogP contribution in [0.5, 0.6) is 0 Å². The summed E-state index contributed by atoms with van der Waals surface area (Å²) in [5.41, 5.74) is 45.3. The number of nitrogens with zero attached hydrogens (tertiary/aromatic N) is 7. The molecule has 2 saturated carbocycles. The van der Waals surface area contributed by atoms with Gasteiger partial charge in [0.2, 0.25) is 11.4 Å². The summed E-state index contributed by atoms with van der Waals surface area (Å²) in [6.07, 6.45) is 40.2. The number of aryl methyl sites for hydroxylation is 10. The Morgan fingerprint density at radius 2 is 1.00 bits per heavy atom. The average Bonchev–Trinajstić information content (AvgIpc) is 0.910. The molecule has 2 fully saturated rings. The molecule has 3 radical (unpaired) electrons. The fourth-order valence-corrected chi connectivity index (χ4v) is 22.5. The molecule has 11 aromatic carbocycles. The molecule has 727 valence electrons. The summed E-state index contributed by atoms with van der Waals surface area (Å²) in [5, 5.41) is 0. The molecule has 9 heterocycles. The van der Waals surface area contributed by atoms with Gasteiger partial charge < -0.3 is 30.7 Å². The predicted molar refractivity (Wildman–Crippen MR) is 572 cm³/mol. The molecule has 27 rings (SSSR count). The minimum Gasteiger partial charge on any atom is -0.693 e. The summed E-state index contributed by atoms with van der Waals surface area (Å²) in [4.78, 5) is 18.6. The largest absolute Gasteiger partial charge is 0.693 e. The Labute approximate surface area is 894 Å². The Hall–Kier alpha value is -12.6. The Morgan fingerprint density at radius 3 is 1.74 bits per heavy atom. The fraction of sp³-hybridized carbons (Fsp3) is 0.241. The zero-order valence-corrected chi connectivity index (χ0v) is 90.0. The van der Waals surface area contributed by atoms with Gasteiger partial charge in [-0.05, 0) is 265 Å². The van der Waals surface area contributed by atoms with Gasteiger partial charge in [-0.15, -0.1) is 190 Å². The second-order valence-corrected chi connectivity index (χ2v) is 40.3. The Bertz CT molecular complexity index is 7230. The maximum atomic E-state index is 4.82. The van der Waals surface area contributed by atoms with E-state index in [1.165, 1.54) is 184 Å². The van der Waals surface area contributed by atoms with Crippen LogP contribution in [0.2, 0.25) is 0 Å². The van der Waals surface area contributed by atoms with Crippen molar-refractivity contribution >= 4 is 0 Å². The van der Waals surface area contributed by atoms with Crippen molar-refractivity contribution in [2.45, 2.75) is 187 Å². The molecule has 11 heteroatoms. The second-order valence-electron chi connectivity index (χ2n) is 40.3. The monoisotopic (exact) mass is 2410 g/mol. The molecule has 4 atom stereocenters. The number of pyridine rings is 7. The minimum atomic E-state index is 0. The van der Waals surface area contributed by atoms with E-state index in [0.717, 1.165) is 138 Å². The maximum absolute atomic E-state index is 4.82. The molecule has 4 unspecified atom stereocenters. The van der Waals surface area contributed by atoms with Crippen LogP contribution in [0.3, 0.4) is 0 Å². The van der Waals surface area contributed by atoms with E-state index in [1.807, 2.05) is 144 Å². The molecule has 2 aliphatic heterocycles. The first kappa shape index (κ1) is 103. The van der Waals surface area contributed by atoms with Crippen LogP contribution < -0.4 is 13.7 Å². The Balaban J connectivity index is 0.000000126. The number of hydrogen-bond donors (Lipinski definition) is 0. The third-order valence-electron chi connectivity index (χ3n) is 30.3. The number of hydrogen-bond acceptors (Lipinski definition) is 4. The third-order valence-corrected chi connectivity index (χ3v) is 30.3. The van der Waals surface area contributed by atoms with Crippen LogP contribution in [-0.4, -0.2) is 19.9 Å². The Morgan fingerprint density at radius 1 is 0.375 bits per heavy atom. The number of rotatable bonds is 18. The number of benzene rings is 11. The molecule has 0 amide bonds. The maximum Gasteiger partial charge on any atom is 0.213 e. The van der Waals surface area contributed by atoms with Gasteiger partial charge in [-0.1, -0.05) is 198 Å². The van der Waals surface area contributed by atoms with Crippen LogP contribution in [0.1, 0.15) is 192 Å². The molecule has 0 saturated heterocycles. The summed E-state index contributed by atoms with van der Waals surface area (Å²) < 4.78 is 6.81. The normalized spacial score (nSPS) is 15.6. The molecule has 7 aliphatic carbocycles. The number of fused-ring (bicyclic) bond motifs is 13. The van der Waals surface area contributed by atoms with E-state index in [4.69, 9.17) is 9.97 Å². The van der Waals surface area contributed by atoms with Gasteiger partial charge in [-0.3, -0.25) is 0 Å². The van der Waals surface area contributed by atoms with Gasteiger partial charge in [0, 0.05) is 125 Å². The quantitative estimate of drug-likeness (QED) is 0.0631. The minimum absolute atomic E-state index is 0. The van der Waals surface area contributed by atoms with Gasteiger partial charge in [0.15, 0.2) is 25.5 Å². The van der Waals surface area contributed by atoms with E-state index in [9.17, 15) is 0 Å². The second kappa shape index (κ2) is 48.4. The topological polar surface area (TPSA) is 96.7 Å². The summed E-state index contributed by atoms with van der Waals surface area (Å²) in [7, 11) is 0. The smallest absolute Gasteiger partial charge is 0.213 e. The molecular formula is C133H123Ir3N8-5. The van der Waals surface area contributed by atoms with Crippen LogP contribution in [0.15, 0.2) is 365 Å². The number of aromatic nitrogens is 7. The van der Waals surface area contributed by atoms with Gasteiger partial charge in [-0.25, -0.2) is 0 Å². The van der Waals surface area contributed by atoms with E-state index in [1.54, 1.807) is 39.6 Å². The van der Waals surface area contributed by atoms with Gasteiger partial charge in [0.25, 0.3) is 0 Å². The molecule has 7 aromatic heterocycles. The summed E-state index contributed by atoms with van der Waals surface area (Å²) >= 11 is 0. The molecule has 8 nitrogen and oxygen atoms in total. The van der Waals surface area contributed by atoms with Crippen molar-refractivity contribution in [1.29, 1.82) is 0 Å². The molecule has 2 N–H and O–H groups in total. The standard InChI is InChI=1S/C46H37N2.C22H24N.C21H22N.C17H12N.C15H16N.C12H10N.3Ir.H2N/c1-4-12-40(13-5-1)41-25-19-36(20-26-41)21-29-44-33-38(18-17-37-11-10-16-45(34-37)48-31-8-3-9-32-48)22-27-42(44)28-23-39-24-30-46(47-35-39)43-14-6-2-7-15-43;1-22(2)18-10-17-11-21(23-13-19(17)20(22)12-18)16-8-7-14-5-3-4-6-15(14)9-16;1-2-4-14-9-19-17(7-13(14)3-1)11-22-12-20-16-6-5-15(8-16)18(20)10-21(19)22;1-2-7-14(8-3-1)15-9-6-10-16(13-15)17-11-4-5-12-18-17;1-12(2)11-14-9-6-10-15(16-14)13-7-4-3-5-8-13;1-2-6-11-10(5-1)9-13-8-4-3-7-12(11)13;;;;/h1-12,14,19-20,22,24-27,30-31,33-35H,17-18,21,23,28-29H2;7,9,11,13,18,20H,3-6,10,12H2,1-2H3;7,9-10,12,15-16H,1-6,8,11H2;1-9,11-13H;3-7,9-10,12H,11H2,1-2H3;1-8H,9H2;;;;1H2/q-3;-1;+1;2*-1;+1;;;;-1. The number of nitrogens with two attached hydrogens (primary N) is 1. The molecule has 9 aliphatic rings. The summed E-state index contributed by atoms with van der Waals surface area (Å²) in [5.74, 6) is 3.97. The van der Waals surface area contributed by atoms with Crippen molar-refractivity contribution in [3.8, 4) is 95.5 Å². The van der Waals surface area contributed by atoms with Crippen molar-refractivity contribution in [3.05, 3.63) is 508 Å². The zero-order valence-electron chi connectivity index (χ0n) is 82.8. The molecule has 144 heavy (non-hydrogen) atoms. The van der Waals surface area contributed by atoms with Crippen molar-refractivity contribution in [2.75, 3.05) is 0 Å². The van der Waals surface area contributed by atoms with Gasteiger partial charge in [-0.2, -0.15) is 32.9 Å². The zero-order chi connectivity index (χ0) is 94.5. The Kier molecular flexibility index (Phi) is 34.5. The van der Waals surface area contributed by atoms with Crippen molar-refractivity contribution in [3.63, 3.8) is 0 Å². The molecule has 4 bridgehead atoms. The van der Waals surface area contributed by atoms with E-state index in [0.29, 0.717) is 11.3 Å². The van der Waals surface area contributed by atoms with Gasteiger partial charge >= 0.3 is 0 Å². The van der Waals surface area contributed by atoms with E-state index in [2.05, 4.69) is 308 Å². The molecular weight excluding hydrogens is 2290 g/mol. The summed E-state index contributed by atoms with van der Waals surface area (Å²) in [6, 6.07) is 135. The molecule has 18 aromatic rings. The van der Waals surface area contributed by atoms with E-state index < -0.39 is 0 Å². The van der Waals surface area contributed by atoms with Gasteiger partial charge in [0.05, 0.1) is 17.3 Å². The van der Waals surface area contributed by atoms with Gasteiger partial charge in [0.1, 0.15) is 6.20 Å². The first-order chi connectivity index (χ1) is 68.9. The van der Waals surface area contributed by atoms with Crippen molar-refractivity contribution in [2.24, 2.45) is 17.3 Å². The van der Waals surface area contributed by atoms with Crippen LogP contribution in [-0.2, 0) is 150 Å². The molecule has 0 spiro atoms. The first-order valence-electron chi connectivity index (χ1n) is 51.1. The SMILES string of the molecule is CC(C)Cc1cccc(-c2[c-]cccc2)n1.CC1(C)C2Cc3cc(-c4[c-]cc5c(c4)CCCC5)ncc3C1C2.[Ir].[Ir].[Ir].[NH2-].[c-]1ccc(-c2ccccc2)cc1-c1ccccn1.[c-]1ccccc1-c1ccc(CCc2cc(CCc3cc[c-]c(-[n+]4[c-]cccc4)c3)ccc2CCc2ccc(-c3[c-]cccc3)nc2)cc1.c1c2c(cc3c1C[n+]1cc4c(cc1-3)C1CCC4C1)CCCC2.c1ccc2c(c1)C[n+]1ccccc1-2. The van der Waals surface area contributed by atoms with Crippen LogP contribution in [0, 0.1) is 59.8 Å². The van der Waals surface area contributed by atoms with Crippen molar-refractivity contribution in [1.82, 2.24) is 19.9 Å². The van der Waals surface area contributed by atoms with Crippen molar-refractivity contribution < 1.29 is 74.0 Å². The van der Waals surface area contributed by atoms with E-state index >= 15 is 0 Å². The van der Waals surface area contributed by atoms with E-state index in [-0.39, 0.29) is 66.5 Å². The fourth-order valence-electron chi connectivity index (χ4n) is 22.5. The average molecular weight is 2410 g/mol.